The topological polar surface area (TPSA) is 12.9 Å². The molecule has 6 aromatic carbocycles. The van der Waals surface area contributed by atoms with Crippen molar-refractivity contribution < 1.29 is 0 Å². The quantitative estimate of drug-likeness (QED) is 0.127. The van der Waals surface area contributed by atoms with Gasteiger partial charge in [-0.25, -0.2) is 0 Å². The third-order valence-electron chi connectivity index (χ3n) is 14.9. The number of pyridine rings is 1. The number of benzene rings is 6. The predicted octanol–water partition coefficient (Wildman–Crippen LogP) is 10.7. The molecule has 3 heteroatoms. The average molecular weight is 732 g/mol. The smallest absolute Gasteiger partial charge is 0.113 e. The highest BCUT2D eigenvalue weighted by molar-refractivity contribution is 7.02. The standard InChI is InChI=1S/C51H49NSi2/c1-53(2)43-21-9-7-19-39(43)50(27-11-12-28-50)41-25-23-34(32-45(41)53)47-36-16-5-6-17-37(36)48(49-38(47)18-15-31-52-49)35-24-26-42-46(33-35)54(3,4)44-22-10-8-20-40(44)51(42)29-13-14-30-51/h5-10,15-26,31-33H,11-14,27-30H2,1-4H3. The Bertz CT molecular complexity index is 2450. The summed E-state index contributed by atoms with van der Waals surface area (Å²) in [6.45, 7) is 10.4. The van der Waals surface area contributed by atoms with Crippen molar-refractivity contribution >= 4 is 58.6 Å². The van der Waals surface area contributed by atoms with Crippen molar-refractivity contribution in [1.82, 2.24) is 4.98 Å². The van der Waals surface area contributed by atoms with Crippen LogP contribution in [0.2, 0.25) is 26.2 Å². The van der Waals surface area contributed by atoms with Crippen LogP contribution >= 0.6 is 0 Å². The van der Waals surface area contributed by atoms with E-state index < -0.39 is 16.1 Å². The molecule has 3 heterocycles. The monoisotopic (exact) mass is 731 g/mol. The molecule has 0 N–H and O–H groups in total. The highest BCUT2D eigenvalue weighted by atomic mass is 28.3. The zero-order valence-electron chi connectivity index (χ0n) is 32.2. The Kier molecular flexibility index (Phi) is 6.97. The molecule has 2 saturated carbocycles. The minimum Gasteiger partial charge on any atom is -0.256 e. The largest absolute Gasteiger partial charge is 0.256 e. The number of rotatable bonds is 2. The third kappa shape index (κ3) is 4.23. The zero-order valence-corrected chi connectivity index (χ0v) is 34.2. The molecule has 4 aliphatic rings. The summed E-state index contributed by atoms with van der Waals surface area (Å²) in [5, 5.41) is 10.4. The van der Waals surface area contributed by atoms with Gasteiger partial charge in [0.15, 0.2) is 0 Å². The van der Waals surface area contributed by atoms with Crippen molar-refractivity contribution in [2.24, 2.45) is 0 Å². The number of fused-ring (bicyclic) bond motifs is 10. The van der Waals surface area contributed by atoms with Gasteiger partial charge in [-0.05, 0) is 91.8 Å². The molecule has 11 rings (SSSR count). The van der Waals surface area contributed by atoms with Crippen LogP contribution in [0, 0.1) is 0 Å². The Labute approximate surface area is 322 Å². The van der Waals surface area contributed by atoms with E-state index in [9.17, 15) is 0 Å². The van der Waals surface area contributed by atoms with Crippen LogP contribution in [-0.2, 0) is 10.8 Å². The van der Waals surface area contributed by atoms with Gasteiger partial charge in [-0.15, -0.1) is 0 Å². The number of aromatic nitrogens is 1. The van der Waals surface area contributed by atoms with Crippen LogP contribution < -0.4 is 20.7 Å². The maximum absolute atomic E-state index is 5.27. The van der Waals surface area contributed by atoms with Crippen LogP contribution in [0.25, 0.3) is 43.9 Å². The van der Waals surface area contributed by atoms with E-state index in [1.54, 1.807) is 43.0 Å². The van der Waals surface area contributed by atoms with Gasteiger partial charge in [-0.3, -0.25) is 4.98 Å². The fourth-order valence-corrected chi connectivity index (χ4v) is 19.0. The highest BCUT2D eigenvalue weighted by Gasteiger charge is 2.50. The molecule has 2 fully saturated rings. The van der Waals surface area contributed by atoms with Gasteiger partial charge in [-0.2, -0.15) is 0 Å². The minimum atomic E-state index is -1.97. The molecule has 2 aliphatic heterocycles. The van der Waals surface area contributed by atoms with Gasteiger partial charge in [0, 0.05) is 28.0 Å². The van der Waals surface area contributed by atoms with Crippen molar-refractivity contribution in [3.63, 3.8) is 0 Å². The molecule has 2 spiro atoms. The SMILES string of the molecule is C[Si]1(C)c2ccccc2C2(CCCC2)c2ccc(-c3c4ccccc4c(-c4ccc5c(c4)[Si](C)(C)c4ccccc4C54CCCC4)c4ncccc34)cc21. The van der Waals surface area contributed by atoms with Gasteiger partial charge in [0.1, 0.15) is 16.1 Å². The van der Waals surface area contributed by atoms with Crippen LogP contribution in [0.4, 0.5) is 0 Å². The molecule has 0 amide bonds. The lowest BCUT2D eigenvalue weighted by atomic mass is 9.72. The Morgan fingerprint density at radius 3 is 1.39 bits per heavy atom. The number of hydrogen-bond acceptors (Lipinski definition) is 1. The molecular formula is C51H49NSi2. The first-order valence-electron chi connectivity index (χ1n) is 20.6. The minimum absolute atomic E-state index is 0.153. The second kappa shape index (κ2) is 11.5. The predicted molar refractivity (Wildman–Crippen MR) is 235 cm³/mol. The van der Waals surface area contributed by atoms with Crippen LogP contribution in [-0.4, -0.2) is 21.1 Å². The Hall–Kier alpha value is -4.58. The van der Waals surface area contributed by atoms with Gasteiger partial charge in [0.2, 0.25) is 0 Å². The van der Waals surface area contributed by atoms with Crippen molar-refractivity contribution in [2.45, 2.75) is 88.4 Å². The fourth-order valence-electron chi connectivity index (χ4n) is 12.4. The maximum atomic E-state index is 5.27. The summed E-state index contributed by atoms with van der Waals surface area (Å²) in [7, 11) is -3.94. The molecule has 54 heavy (non-hydrogen) atoms. The van der Waals surface area contributed by atoms with Crippen LogP contribution in [0.5, 0.6) is 0 Å². The molecule has 0 unspecified atom stereocenters. The fraction of sp³-hybridized carbons (Fsp3) is 0.275. The van der Waals surface area contributed by atoms with Crippen molar-refractivity contribution in [3.8, 4) is 22.3 Å². The van der Waals surface area contributed by atoms with E-state index in [2.05, 4.69) is 148 Å². The Morgan fingerprint density at radius 1 is 0.426 bits per heavy atom. The average Bonchev–Trinajstić information content (AvgIpc) is 3.91. The number of hydrogen-bond donors (Lipinski definition) is 0. The van der Waals surface area contributed by atoms with Gasteiger partial charge in [0.05, 0.1) is 5.52 Å². The van der Waals surface area contributed by atoms with E-state index in [1.165, 1.54) is 89.8 Å². The van der Waals surface area contributed by atoms with Gasteiger partial charge in [-0.1, -0.05) is 178 Å². The van der Waals surface area contributed by atoms with E-state index in [0.29, 0.717) is 0 Å². The molecule has 2 aliphatic carbocycles. The third-order valence-corrected chi connectivity index (χ3v) is 22.0. The molecule has 266 valence electrons. The second-order valence-corrected chi connectivity index (χ2v) is 26.8. The summed E-state index contributed by atoms with van der Waals surface area (Å²) in [6.07, 6.45) is 12.3. The molecule has 0 saturated heterocycles. The summed E-state index contributed by atoms with van der Waals surface area (Å²) in [6, 6.07) is 48.0. The molecule has 0 bridgehead atoms. The van der Waals surface area contributed by atoms with Gasteiger partial charge >= 0.3 is 0 Å². The lowest BCUT2D eigenvalue weighted by Crippen LogP contribution is -2.62. The lowest BCUT2D eigenvalue weighted by molar-refractivity contribution is 0.538. The summed E-state index contributed by atoms with van der Waals surface area (Å²) in [4.78, 5) is 5.27. The van der Waals surface area contributed by atoms with Crippen LogP contribution in [0.3, 0.4) is 0 Å². The molecule has 1 aromatic heterocycles. The molecule has 1 nitrogen and oxygen atoms in total. The van der Waals surface area contributed by atoms with E-state index in [-0.39, 0.29) is 10.8 Å². The summed E-state index contributed by atoms with van der Waals surface area (Å²) >= 11 is 0. The van der Waals surface area contributed by atoms with Gasteiger partial charge in [0.25, 0.3) is 0 Å². The first-order chi connectivity index (χ1) is 26.3. The number of nitrogens with zero attached hydrogens (tertiary/aromatic N) is 1. The lowest BCUT2D eigenvalue weighted by Gasteiger charge is -2.45. The van der Waals surface area contributed by atoms with E-state index in [1.807, 2.05) is 6.20 Å². The van der Waals surface area contributed by atoms with Crippen molar-refractivity contribution in [3.05, 3.63) is 150 Å². The van der Waals surface area contributed by atoms with E-state index >= 15 is 0 Å². The summed E-state index contributed by atoms with van der Waals surface area (Å²) < 4.78 is 0. The Morgan fingerprint density at radius 2 is 0.852 bits per heavy atom. The first kappa shape index (κ1) is 32.8. The molecule has 0 radical (unpaired) electrons. The van der Waals surface area contributed by atoms with Crippen molar-refractivity contribution in [1.29, 1.82) is 0 Å². The van der Waals surface area contributed by atoms with E-state index in [4.69, 9.17) is 4.98 Å². The first-order valence-corrected chi connectivity index (χ1v) is 26.6. The van der Waals surface area contributed by atoms with Crippen LogP contribution in [0.15, 0.2) is 128 Å². The van der Waals surface area contributed by atoms with E-state index in [0.717, 1.165) is 5.52 Å². The zero-order chi connectivity index (χ0) is 36.5. The Balaban J connectivity index is 1.15. The molecule has 0 atom stereocenters. The summed E-state index contributed by atoms with van der Waals surface area (Å²) in [5.41, 5.74) is 13.2. The molecule has 7 aromatic rings. The summed E-state index contributed by atoms with van der Waals surface area (Å²) in [5.74, 6) is 0. The maximum Gasteiger partial charge on any atom is 0.113 e. The van der Waals surface area contributed by atoms with Crippen LogP contribution in [0.1, 0.15) is 73.6 Å². The highest BCUT2D eigenvalue weighted by Crippen LogP contribution is 2.51. The second-order valence-electron chi connectivity index (χ2n) is 18.1. The normalized spacial score (nSPS) is 19.5. The van der Waals surface area contributed by atoms with Crippen molar-refractivity contribution in [2.75, 3.05) is 0 Å². The molecular weight excluding hydrogens is 683 g/mol. The van der Waals surface area contributed by atoms with Gasteiger partial charge < -0.3 is 0 Å².